The molecule has 0 fully saturated rings. The molecule has 0 heterocycles. The zero-order valence-electron chi connectivity index (χ0n) is 18.8. The minimum absolute atomic E-state index is 0.0367. The topological polar surface area (TPSA) is 153 Å². The van der Waals surface area contributed by atoms with E-state index in [1.807, 2.05) is 0 Å². The minimum atomic E-state index is -3.04. The van der Waals surface area contributed by atoms with Crippen LogP contribution in [0.2, 0.25) is 0 Å². The van der Waals surface area contributed by atoms with Gasteiger partial charge in [0, 0.05) is 31.5 Å². The number of azide groups is 1. The van der Waals surface area contributed by atoms with E-state index in [0.717, 1.165) is 25.7 Å². The Balaban J connectivity index is 3.24. The van der Waals surface area contributed by atoms with E-state index in [-0.39, 0.29) is 5.91 Å². The van der Waals surface area contributed by atoms with Gasteiger partial charge in [0.25, 0.3) is 0 Å². The van der Waals surface area contributed by atoms with Crippen molar-refractivity contribution in [2.24, 2.45) is 5.11 Å². The lowest BCUT2D eigenvalue weighted by molar-refractivity contribution is -0.122. The zero-order chi connectivity index (χ0) is 23.8. The van der Waals surface area contributed by atoms with E-state index in [9.17, 15) is 9.69 Å². The molecule has 0 aliphatic heterocycles. The second-order valence-electron chi connectivity index (χ2n) is 6.40. The molecule has 1 amide bonds. The molecule has 0 aliphatic rings. The maximum atomic E-state index is 11.7. The van der Waals surface area contributed by atoms with Gasteiger partial charge in [0.2, 0.25) is 5.91 Å². The van der Waals surface area contributed by atoms with E-state index in [4.69, 9.17) is 40.8 Å². The van der Waals surface area contributed by atoms with Crippen LogP contribution < -0.4 is 5.32 Å². The van der Waals surface area contributed by atoms with Gasteiger partial charge in [-0.15, -0.1) is 0 Å². The highest BCUT2D eigenvalue weighted by atomic mass is 32.5. The highest BCUT2D eigenvalue weighted by Gasteiger charge is 2.10. The summed E-state index contributed by atoms with van der Waals surface area (Å²) < 4.78 is 31.0. The first-order chi connectivity index (χ1) is 15.5. The molecule has 1 unspecified atom stereocenters. The molecule has 12 nitrogen and oxygen atoms in total. The number of carbonyl (C=O) groups is 1. The third kappa shape index (κ3) is 23.8. The van der Waals surface area contributed by atoms with Crippen LogP contribution in [0.5, 0.6) is 0 Å². The lowest BCUT2D eigenvalue weighted by atomic mass is 10.2. The van der Waals surface area contributed by atoms with Gasteiger partial charge < -0.3 is 38.2 Å². The fourth-order valence-corrected chi connectivity index (χ4v) is 2.90. The van der Waals surface area contributed by atoms with Crippen molar-refractivity contribution in [2.75, 3.05) is 79.7 Å². The summed E-state index contributed by atoms with van der Waals surface area (Å²) in [4.78, 5) is 23.8. The van der Waals surface area contributed by atoms with Gasteiger partial charge in [-0.3, -0.25) is 4.79 Å². The molecule has 32 heavy (non-hydrogen) atoms. The molecule has 0 aliphatic carbocycles. The average Bonchev–Trinajstić information content (AvgIpc) is 2.78. The average molecular weight is 501 g/mol. The number of amides is 1. The maximum Gasteiger partial charge on any atom is 0.324 e. The van der Waals surface area contributed by atoms with Gasteiger partial charge in [-0.25, -0.2) is 0 Å². The van der Waals surface area contributed by atoms with Crippen LogP contribution in [0.3, 0.4) is 0 Å². The van der Waals surface area contributed by atoms with Crippen LogP contribution in [-0.2, 0) is 44.6 Å². The molecule has 1 atom stereocenters. The number of carbonyl (C=O) groups excluding carboxylic acids is 1. The number of nitrogens with one attached hydrogen (secondary N) is 1. The highest BCUT2D eigenvalue weighted by Crippen LogP contribution is 2.42. The third-order valence-corrected chi connectivity index (χ3v) is 5.60. The summed E-state index contributed by atoms with van der Waals surface area (Å²) in [5, 5.41) is 6.21. The van der Waals surface area contributed by atoms with Crippen molar-refractivity contribution in [2.45, 2.75) is 32.1 Å². The smallest absolute Gasteiger partial charge is 0.324 e. The first-order valence-corrected chi connectivity index (χ1v) is 13.2. The summed E-state index contributed by atoms with van der Waals surface area (Å²) in [6.45, 7) is 1.67. The molecule has 2 N–H and O–H groups in total. The lowest BCUT2D eigenvalue weighted by Gasteiger charge is -2.12. The minimum Gasteiger partial charge on any atom is -0.379 e. The molecule has 0 aromatic carbocycles. The van der Waals surface area contributed by atoms with Gasteiger partial charge in [-0.2, -0.15) is 0 Å². The van der Waals surface area contributed by atoms with E-state index in [1.54, 1.807) is 0 Å². The summed E-state index contributed by atoms with van der Waals surface area (Å²) >= 11 is 4.73. The Kier molecular flexibility index (Phi) is 22.7. The Morgan fingerprint density at radius 3 is 2.09 bits per heavy atom. The molecule has 0 saturated carbocycles. The molecule has 0 spiro atoms. The van der Waals surface area contributed by atoms with Crippen LogP contribution in [0.1, 0.15) is 32.1 Å². The number of nitrogens with zero attached hydrogens (tertiary/aromatic N) is 3. The van der Waals surface area contributed by atoms with Crippen molar-refractivity contribution in [1.82, 2.24) is 5.32 Å². The van der Waals surface area contributed by atoms with Crippen LogP contribution in [0.15, 0.2) is 5.11 Å². The fraction of sp³-hybridized carbons (Fsp3) is 0.944. The molecule has 14 heteroatoms. The van der Waals surface area contributed by atoms with Crippen molar-refractivity contribution in [1.29, 1.82) is 0 Å². The predicted molar refractivity (Wildman–Crippen MR) is 123 cm³/mol. The number of ether oxygens (including phenoxy) is 4. The molecule has 0 aromatic heterocycles. The Morgan fingerprint density at radius 1 is 0.938 bits per heavy atom. The van der Waals surface area contributed by atoms with E-state index >= 15 is 0 Å². The van der Waals surface area contributed by atoms with E-state index < -0.39 is 6.72 Å². The van der Waals surface area contributed by atoms with Crippen molar-refractivity contribution >= 4 is 24.4 Å². The maximum absolute atomic E-state index is 11.7. The predicted octanol–water partition coefficient (Wildman–Crippen LogP) is 2.31. The molecule has 0 bridgehead atoms. The molecule has 0 rings (SSSR count). The first-order valence-electron chi connectivity index (χ1n) is 10.6. The van der Waals surface area contributed by atoms with Crippen molar-refractivity contribution in [3.05, 3.63) is 10.4 Å². The van der Waals surface area contributed by atoms with Crippen LogP contribution >= 0.6 is 6.72 Å². The summed E-state index contributed by atoms with van der Waals surface area (Å²) in [7, 11) is 1.33. The monoisotopic (exact) mass is 500 g/mol. The Labute approximate surface area is 195 Å². The van der Waals surface area contributed by atoms with Crippen LogP contribution in [-0.4, -0.2) is 90.5 Å². The zero-order valence-corrected chi connectivity index (χ0v) is 20.5. The molecule has 0 saturated heterocycles. The first kappa shape index (κ1) is 31.1. The normalized spacial score (nSPS) is 12.8. The molecule has 0 radical (unpaired) electrons. The third-order valence-electron chi connectivity index (χ3n) is 3.87. The lowest BCUT2D eigenvalue weighted by Crippen LogP contribution is -2.25. The Bertz CT molecular complexity index is 555. The van der Waals surface area contributed by atoms with Gasteiger partial charge in [0.05, 0.1) is 59.5 Å². The summed E-state index contributed by atoms with van der Waals surface area (Å²) in [5.41, 5.74) is 8.10. The highest BCUT2D eigenvalue weighted by molar-refractivity contribution is 8.07. The van der Waals surface area contributed by atoms with Crippen molar-refractivity contribution in [3.8, 4) is 0 Å². The van der Waals surface area contributed by atoms with E-state index in [0.29, 0.717) is 79.0 Å². The number of hydrogen-bond donors (Lipinski definition) is 2. The Morgan fingerprint density at radius 2 is 1.50 bits per heavy atom. The Hall–Kier alpha value is -0.850. The van der Waals surface area contributed by atoms with Crippen molar-refractivity contribution < 1.29 is 37.7 Å². The summed E-state index contributed by atoms with van der Waals surface area (Å²) in [5.74, 6) is -0.0367. The standard InChI is InChI=1S/C18H37N4O8PS/c1-25-31(24,32)30-9-5-3-2-4-7-20-18(23)6-10-26-12-14-28-16-17-29-15-13-27-11-8-21-22-19/h2-17H2,1H3,(H,20,23)(H,24,32). The number of hydrogen-bond acceptors (Lipinski definition) is 9. The van der Waals surface area contributed by atoms with E-state index in [1.165, 1.54) is 7.11 Å². The van der Waals surface area contributed by atoms with Crippen LogP contribution in [0.4, 0.5) is 0 Å². The SMILES string of the molecule is COP(O)(=S)OCCCCCCNC(=O)CCOCCOCCOCCOCCN=[N+]=[N-]. The molecular formula is C18H37N4O8PS. The summed E-state index contributed by atoms with van der Waals surface area (Å²) in [6, 6.07) is 0. The van der Waals surface area contributed by atoms with Crippen molar-refractivity contribution in [3.63, 3.8) is 0 Å². The molecule has 188 valence electrons. The number of rotatable bonds is 24. The second kappa shape index (κ2) is 23.3. The van der Waals surface area contributed by atoms with Gasteiger partial charge in [-0.1, -0.05) is 18.0 Å². The van der Waals surface area contributed by atoms with Crippen LogP contribution in [0, 0.1) is 0 Å². The van der Waals surface area contributed by atoms with Gasteiger partial charge >= 0.3 is 6.72 Å². The van der Waals surface area contributed by atoms with Gasteiger partial charge in [0.15, 0.2) is 0 Å². The fourth-order valence-electron chi connectivity index (χ4n) is 2.21. The molecule has 0 aromatic rings. The van der Waals surface area contributed by atoms with E-state index in [2.05, 4.69) is 19.9 Å². The van der Waals surface area contributed by atoms with Crippen LogP contribution in [0.25, 0.3) is 10.4 Å². The summed E-state index contributed by atoms with van der Waals surface area (Å²) in [6.07, 6.45) is 3.85. The quantitative estimate of drug-likeness (QED) is 0.0668. The molecular weight excluding hydrogens is 463 g/mol. The number of unbranched alkanes of at least 4 members (excludes halogenated alkanes) is 3. The van der Waals surface area contributed by atoms with Gasteiger partial charge in [-0.05, 0) is 30.2 Å². The van der Waals surface area contributed by atoms with Gasteiger partial charge in [0.1, 0.15) is 0 Å². The largest absolute Gasteiger partial charge is 0.379 e. The second-order valence-corrected chi connectivity index (χ2v) is 9.35.